The van der Waals surface area contributed by atoms with Gasteiger partial charge in [0.15, 0.2) is 6.61 Å². The van der Waals surface area contributed by atoms with Crippen LogP contribution < -0.4 is 20.3 Å². The molecule has 2 rings (SSSR count). The second kappa shape index (κ2) is 10.8. The molecule has 0 atom stereocenters. The third-order valence-corrected chi connectivity index (χ3v) is 3.63. The van der Waals surface area contributed by atoms with Gasteiger partial charge in [0.1, 0.15) is 17.3 Å². The van der Waals surface area contributed by atoms with Crippen molar-refractivity contribution in [2.24, 2.45) is 0 Å². The third-order valence-electron chi connectivity index (χ3n) is 3.63. The van der Waals surface area contributed by atoms with Crippen molar-refractivity contribution in [1.29, 1.82) is 0 Å². The maximum atomic E-state index is 12.8. The molecule has 0 spiro atoms. The highest BCUT2D eigenvalue weighted by molar-refractivity contribution is 5.95. The van der Waals surface area contributed by atoms with Gasteiger partial charge >= 0.3 is 0 Å². The van der Waals surface area contributed by atoms with Gasteiger partial charge in [0.2, 0.25) is 0 Å². The monoisotopic (exact) mass is 374 g/mol. The van der Waals surface area contributed by atoms with Gasteiger partial charge in [-0.2, -0.15) is 0 Å². The zero-order valence-electron chi connectivity index (χ0n) is 15.2. The van der Waals surface area contributed by atoms with Crippen molar-refractivity contribution in [1.82, 2.24) is 10.9 Å². The molecule has 0 saturated heterocycles. The summed E-state index contributed by atoms with van der Waals surface area (Å²) in [7, 11) is 0. The highest BCUT2D eigenvalue weighted by Crippen LogP contribution is 2.13. The van der Waals surface area contributed by atoms with Crippen LogP contribution in [-0.4, -0.2) is 25.0 Å². The Labute approximate surface area is 157 Å². The summed E-state index contributed by atoms with van der Waals surface area (Å²) in [5.41, 5.74) is 4.95. The molecular weight excluding hydrogens is 351 g/mol. The van der Waals surface area contributed by atoms with Crippen LogP contribution in [-0.2, 0) is 4.79 Å². The fraction of sp³-hybridized carbons (Fsp3) is 0.300. The third kappa shape index (κ3) is 7.35. The van der Waals surface area contributed by atoms with Crippen molar-refractivity contribution >= 4 is 11.8 Å². The smallest absolute Gasteiger partial charge is 0.276 e. The number of benzene rings is 2. The van der Waals surface area contributed by atoms with E-state index >= 15 is 0 Å². The molecule has 0 fully saturated rings. The number of carbonyl (C=O) groups excluding carboxylic acids is 2. The van der Waals surface area contributed by atoms with Crippen LogP contribution in [0.3, 0.4) is 0 Å². The van der Waals surface area contributed by atoms with Gasteiger partial charge in [-0.15, -0.1) is 0 Å². The van der Waals surface area contributed by atoms with Crippen LogP contribution in [0.5, 0.6) is 11.5 Å². The van der Waals surface area contributed by atoms with Gasteiger partial charge in [-0.25, -0.2) is 4.39 Å². The van der Waals surface area contributed by atoms with Crippen LogP contribution in [0.2, 0.25) is 0 Å². The molecule has 0 heterocycles. The molecule has 0 aliphatic carbocycles. The average molecular weight is 374 g/mol. The van der Waals surface area contributed by atoms with Gasteiger partial charge in [0, 0.05) is 5.56 Å². The lowest BCUT2D eigenvalue weighted by atomic mass is 10.2. The second-order valence-electron chi connectivity index (χ2n) is 5.82. The van der Waals surface area contributed by atoms with Crippen molar-refractivity contribution in [3.8, 4) is 11.5 Å². The molecule has 6 nitrogen and oxygen atoms in total. The van der Waals surface area contributed by atoms with E-state index in [2.05, 4.69) is 17.8 Å². The topological polar surface area (TPSA) is 76.7 Å². The molecule has 0 aliphatic heterocycles. The van der Waals surface area contributed by atoms with Crippen molar-refractivity contribution in [3.63, 3.8) is 0 Å². The van der Waals surface area contributed by atoms with Gasteiger partial charge < -0.3 is 9.47 Å². The maximum absolute atomic E-state index is 12.8. The number of rotatable bonds is 9. The number of ether oxygens (including phenoxy) is 2. The Bertz CT molecular complexity index is 733. The van der Waals surface area contributed by atoms with E-state index in [0.717, 1.165) is 19.3 Å². The van der Waals surface area contributed by atoms with Crippen molar-refractivity contribution < 1.29 is 23.5 Å². The number of unbranched alkanes of at least 4 members (excludes halogenated alkanes) is 2. The predicted molar refractivity (Wildman–Crippen MR) is 99.0 cm³/mol. The first kappa shape index (κ1) is 20.2. The van der Waals surface area contributed by atoms with Crippen molar-refractivity contribution in [2.75, 3.05) is 13.2 Å². The highest BCUT2D eigenvalue weighted by atomic mass is 19.1. The van der Waals surface area contributed by atoms with E-state index in [0.29, 0.717) is 23.7 Å². The Balaban J connectivity index is 1.71. The lowest BCUT2D eigenvalue weighted by Gasteiger charge is -2.10. The summed E-state index contributed by atoms with van der Waals surface area (Å²) in [6, 6.07) is 11.9. The van der Waals surface area contributed by atoms with E-state index in [4.69, 9.17) is 9.47 Å². The minimum Gasteiger partial charge on any atom is -0.494 e. The van der Waals surface area contributed by atoms with Crippen LogP contribution in [0.25, 0.3) is 0 Å². The second-order valence-corrected chi connectivity index (χ2v) is 5.82. The Morgan fingerprint density at radius 2 is 1.52 bits per heavy atom. The summed E-state index contributed by atoms with van der Waals surface area (Å²) in [5, 5.41) is 0. The molecule has 27 heavy (non-hydrogen) atoms. The molecule has 0 aliphatic rings. The summed E-state index contributed by atoms with van der Waals surface area (Å²) in [4.78, 5) is 23.7. The highest BCUT2D eigenvalue weighted by Gasteiger charge is 2.08. The van der Waals surface area contributed by atoms with Crippen molar-refractivity contribution in [2.45, 2.75) is 26.2 Å². The van der Waals surface area contributed by atoms with Crippen LogP contribution in [0.15, 0.2) is 48.5 Å². The quantitative estimate of drug-likeness (QED) is 0.522. The molecule has 2 aromatic rings. The van der Waals surface area contributed by atoms with E-state index in [1.165, 1.54) is 24.3 Å². The van der Waals surface area contributed by atoms with E-state index < -0.39 is 17.6 Å². The fourth-order valence-corrected chi connectivity index (χ4v) is 2.16. The molecule has 144 valence electrons. The zero-order chi connectivity index (χ0) is 19.5. The van der Waals surface area contributed by atoms with E-state index in [1.807, 2.05) is 0 Å². The first-order valence-corrected chi connectivity index (χ1v) is 8.79. The SMILES string of the molecule is CCCCCOc1ccc(C(=O)NNC(=O)COc2ccc(F)cc2)cc1. The van der Waals surface area contributed by atoms with Crippen LogP contribution in [0.4, 0.5) is 4.39 Å². The maximum Gasteiger partial charge on any atom is 0.276 e. The molecule has 2 aromatic carbocycles. The van der Waals surface area contributed by atoms with Crippen LogP contribution in [0.1, 0.15) is 36.5 Å². The summed E-state index contributed by atoms with van der Waals surface area (Å²) in [6.07, 6.45) is 3.24. The van der Waals surface area contributed by atoms with E-state index in [1.54, 1.807) is 24.3 Å². The average Bonchev–Trinajstić information content (AvgIpc) is 2.69. The Kier molecular flexibility index (Phi) is 8.09. The fourth-order valence-electron chi connectivity index (χ4n) is 2.16. The van der Waals surface area contributed by atoms with E-state index in [9.17, 15) is 14.0 Å². The zero-order valence-corrected chi connectivity index (χ0v) is 15.2. The van der Waals surface area contributed by atoms with Gasteiger partial charge in [0.05, 0.1) is 6.61 Å². The lowest BCUT2D eigenvalue weighted by molar-refractivity contribution is -0.123. The standard InChI is InChI=1S/C20H23FN2O4/c1-2-3-4-13-26-17-9-5-15(6-10-17)20(25)23-22-19(24)14-27-18-11-7-16(21)8-12-18/h5-12H,2-4,13-14H2,1H3,(H,22,24)(H,23,25). The normalized spacial score (nSPS) is 10.1. The van der Waals surface area contributed by atoms with E-state index in [-0.39, 0.29) is 6.61 Å². The summed E-state index contributed by atoms with van der Waals surface area (Å²) < 4.78 is 23.5. The van der Waals surface area contributed by atoms with Crippen molar-refractivity contribution in [3.05, 3.63) is 59.9 Å². The predicted octanol–water partition coefficient (Wildman–Crippen LogP) is 3.23. The van der Waals surface area contributed by atoms with Gasteiger partial charge in [0.25, 0.3) is 11.8 Å². The molecule has 0 bridgehead atoms. The van der Waals surface area contributed by atoms with Crippen LogP contribution in [0, 0.1) is 5.82 Å². The van der Waals surface area contributed by atoms with Gasteiger partial charge in [-0.3, -0.25) is 20.4 Å². The first-order valence-electron chi connectivity index (χ1n) is 8.79. The molecule has 2 amide bonds. The minimum absolute atomic E-state index is 0.309. The molecule has 0 unspecified atom stereocenters. The Hall–Kier alpha value is -3.09. The Morgan fingerprint density at radius 1 is 0.889 bits per heavy atom. The number of hydrogen-bond donors (Lipinski definition) is 2. The molecule has 0 aromatic heterocycles. The number of hydrazine groups is 1. The number of amides is 2. The van der Waals surface area contributed by atoms with Gasteiger partial charge in [-0.1, -0.05) is 19.8 Å². The molecule has 0 saturated carbocycles. The summed E-state index contributed by atoms with van der Waals surface area (Å²) >= 11 is 0. The first-order chi connectivity index (χ1) is 13.1. The lowest BCUT2D eigenvalue weighted by Crippen LogP contribution is -2.43. The largest absolute Gasteiger partial charge is 0.494 e. The molecule has 2 N–H and O–H groups in total. The number of hydrogen-bond acceptors (Lipinski definition) is 4. The Morgan fingerprint density at radius 3 is 2.19 bits per heavy atom. The number of nitrogens with one attached hydrogen (secondary N) is 2. The number of carbonyl (C=O) groups is 2. The summed E-state index contributed by atoms with van der Waals surface area (Å²) in [5.74, 6) is -0.338. The van der Waals surface area contributed by atoms with Gasteiger partial charge in [-0.05, 0) is 55.0 Å². The van der Waals surface area contributed by atoms with Crippen LogP contribution >= 0.6 is 0 Å². The summed E-state index contributed by atoms with van der Waals surface area (Å²) in [6.45, 7) is 2.46. The molecule has 7 heteroatoms. The molecular formula is C20H23FN2O4. The number of halogens is 1. The molecule has 0 radical (unpaired) electrons. The minimum atomic E-state index is -0.538.